The smallest absolute Gasteiger partial charge is 0.490 e. The molecular formula is C24H32B2O5. The Labute approximate surface area is 186 Å². The Morgan fingerprint density at radius 3 is 1.90 bits per heavy atom. The quantitative estimate of drug-likeness (QED) is 0.691. The van der Waals surface area contributed by atoms with E-state index in [1.807, 2.05) is 69.3 Å². The van der Waals surface area contributed by atoms with Crippen LogP contribution in [0.25, 0.3) is 0 Å². The summed E-state index contributed by atoms with van der Waals surface area (Å²) in [6.45, 7) is 14.7. The molecule has 0 amide bonds. The molecule has 2 heterocycles. The summed E-state index contributed by atoms with van der Waals surface area (Å²) in [5.74, 6) is 0.694. The Morgan fingerprint density at radius 1 is 0.774 bits per heavy atom. The topological polar surface area (TPSA) is 46.2 Å². The minimum Gasteiger partial charge on any atom is -0.490 e. The molecule has 1 unspecified atom stereocenters. The summed E-state index contributed by atoms with van der Waals surface area (Å²) in [6, 6.07) is 16.1. The standard InChI is InChI=1S/C24H32B2O5/c1-17-22(2,3)29-25(28-17)19-14-11-15-20(26-30-23(4,5)24(6,7)31-26)21(19)27-16-18-12-9-8-10-13-18/h8-15,17H,16H2,1-7H3. The molecule has 0 radical (unpaired) electrons. The van der Waals surface area contributed by atoms with Crippen LogP contribution in [0, 0.1) is 0 Å². The van der Waals surface area contributed by atoms with E-state index in [-0.39, 0.29) is 11.7 Å². The second-order valence-electron chi connectivity index (χ2n) is 9.96. The van der Waals surface area contributed by atoms with E-state index < -0.39 is 25.4 Å². The van der Waals surface area contributed by atoms with Crippen molar-refractivity contribution in [2.24, 2.45) is 0 Å². The molecular weight excluding hydrogens is 390 g/mol. The molecule has 0 spiro atoms. The third-order valence-electron chi connectivity index (χ3n) is 6.78. The third kappa shape index (κ3) is 4.29. The van der Waals surface area contributed by atoms with Gasteiger partial charge in [0.1, 0.15) is 12.4 Å². The normalized spacial score (nSPS) is 23.9. The number of benzene rings is 2. The van der Waals surface area contributed by atoms with Crippen molar-refractivity contribution in [3.63, 3.8) is 0 Å². The fourth-order valence-corrected chi connectivity index (χ4v) is 3.70. The first-order chi connectivity index (χ1) is 14.5. The van der Waals surface area contributed by atoms with E-state index in [1.54, 1.807) is 0 Å². The highest BCUT2D eigenvalue weighted by Crippen LogP contribution is 2.37. The maximum absolute atomic E-state index is 6.40. The zero-order chi connectivity index (χ0) is 22.4. The molecule has 0 N–H and O–H groups in total. The number of ether oxygens (including phenoxy) is 1. The first kappa shape index (κ1) is 22.4. The molecule has 4 rings (SSSR count). The van der Waals surface area contributed by atoms with Crippen LogP contribution in [0.4, 0.5) is 0 Å². The van der Waals surface area contributed by atoms with Crippen LogP contribution in [-0.2, 0) is 25.2 Å². The van der Waals surface area contributed by atoms with Crippen LogP contribution >= 0.6 is 0 Å². The number of hydrogen-bond donors (Lipinski definition) is 0. The number of para-hydroxylation sites is 1. The molecule has 2 saturated heterocycles. The number of rotatable bonds is 5. The van der Waals surface area contributed by atoms with E-state index in [1.165, 1.54) is 0 Å². The van der Waals surface area contributed by atoms with Crippen molar-refractivity contribution in [1.29, 1.82) is 0 Å². The van der Waals surface area contributed by atoms with Crippen LogP contribution in [0.5, 0.6) is 5.75 Å². The second-order valence-corrected chi connectivity index (χ2v) is 9.96. The third-order valence-corrected chi connectivity index (χ3v) is 6.78. The van der Waals surface area contributed by atoms with E-state index in [0.717, 1.165) is 16.5 Å². The Kier molecular flexibility index (Phi) is 5.76. The van der Waals surface area contributed by atoms with Crippen molar-refractivity contribution < 1.29 is 23.4 Å². The Balaban J connectivity index is 1.71. The molecule has 2 fully saturated rings. The molecule has 2 aliphatic rings. The lowest BCUT2D eigenvalue weighted by molar-refractivity contribution is 0.00578. The molecule has 2 aliphatic heterocycles. The van der Waals surface area contributed by atoms with Gasteiger partial charge >= 0.3 is 14.2 Å². The molecule has 31 heavy (non-hydrogen) atoms. The van der Waals surface area contributed by atoms with Gasteiger partial charge in [-0.05, 0) is 54.0 Å². The lowest BCUT2D eigenvalue weighted by Gasteiger charge is -2.32. The Hall–Kier alpha value is -1.79. The van der Waals surface area contributed by atoms with E-state index in [0.29, 0.717) is 12.4 Å². The highest BCUT2D eigenvalue weighted by Gasteiger charge is 2.53. The molecule has 5 nitrogen and oxygen atoms in total. The van der Waals surface area contributed by atoms with Crippen LogP contribution in [0.3, 0.4) is 0 Å². The lowest BCUT2D eigenvalue weighted by atomic mass is 9.70. The van der Waals surface area contributed by atoms with E-state index in [9.17, 15) is 0 Å². The zero-order valence-corrected chi connectivity index (χ0v) is 19.6. The second kappa shape index (κ2) is 7.96. The van der Waals surface area contributed by atoms with Crippen molar-refractivity contribution in [3.8, 4) is 5.75 Å². The minimum absolute atomic E-state index is 0.0417. The molecule has 0 aliphatic carbocycles. The molecule has 1 atom stereocenters. The molecule has 0 saturated carbocycles. The molecule has 2 aromatic carbocycles. The summed E-state index contributed by atoms with van der Waals surface area (Å²) >= 11 is 0. The van der Waals surface area contributed by atoms with Gasteiger partial charge in [-0.1, -0.05) is 48.5 Å². The van der Waals surface area contributed by atoms with Gasteiger partial charge < -0.3 is 23.4 Å². The monoisotopic (exact) mass is 422 g/mol. The Morgan fingerprint density at radius 2 is 1.35 bits per heavy atom. The van der Waals surface area contributed by atoms with Crippen molar-refractivity contribution in [3.05, 3.63) is 54.1 Å². The fraction of sp³-hybridized carbons (Fsp3) is 0.500. The fourth-order valence-electron chi connectivity index (χ4n) is 3.70. The lowest BCUT2D eigenvalue weighted by Crippen LogP contribution is -2.43. The van der Waals surface area contributed by atoms with Gasteiger partial charge in [-0.2, -0.15) is 0 Å². The first-order valence-electron chi connectivity index (χ1n) is 11.0. The van der Waals surface area contributed by atoms with Crippen LogP contribution in [0.15, 0.2) is 48.5 Å². The average molecular weight is 422 g/mol. The van der Waals surface area contributed by atoms with Crippen LogP contribution in [-0.4, -0.2) is 37.1 Å². The summed E-state index contributed by atoms with van der Waals surface area (Å²) in [5, 5.41) is 0. The molecule has 164 valence electrons. The predicted molar refractivity (Wildman–Crippen MR) is 124 cm³/mol. The van der Waals surface area contributed by atoms with E-state index in [4.69, 9.17) is 23.4 Å². The van der Waals surface area contributed by atoms with Gasteiger partial charge in [-0.25, -0.2) is 0 Å². The van der Waals surface area contributed by atoms with Crippen molar-refractivity contribution >= 4 is 25.2 Å². The van der Waals surface area contributed by atoms with Gasteiger partial charge in [0, 0.05) is 10.9 Å². The highest BCUT2D eigenvalue weighted by molar-refractivity contribution is 6.67. The number of hydrogen-bond acceptors (Lipinski definition) is 5. The Bertz CT molecular complexity index is 913. The minimum atomic E-state index is -0.539. The zero-order valence-electron chi connectivity index (χ0n) is 19.6. The van der Waals surface area contributed by atoms with Crippen molar-refractivity contribution in [1.82, 2.24) is 0 Å². The predicted octanol–water partition coefficient (Wildman–Crippen LogP) is 3.47. The van der Waals surface area contributed by atoms with Crippen LogP contribution in [0.2, 0.25) is 0 Å². The highest BCUT2D eigenvalue weighted by atomic mass is 16.7. The van der Waals surface area contributed by atoms with Crippen molar-refractivity contribution in [2.75, 3.05) is 0 Å². The summed E-state index contributed by atoms with van der Waals surface area (Å²) in [5.41, 5.74) is 1.50. The SMILES string of the molecule is CC1OB(c2cccc(B3OC(C)(C)C(C)(C)O3)c2OCc2ccccc2)OC1(C)C. The van der Waals surface area contributed by atoms with Gasteiger partial charge in [0.25, 0.3) is 0 Å². The summed E-state index contributed by atoms with van der Waals surface area (Å²) in [7, 11) is -1.05. The van der Waals surface area contributed by atoms with Gasteiger partial charge in [0.05, 0.1) is 22.9 Å². The first-order valence-corrected chi connectivity index (χ1v) is 11.0. The van der Waals surface area contributed by atoms with Crippen molar-refractivity contribution in [2.45, 2.75) is 78.0 Å². The van der Waals surface area contributed by atoms with Gasteiger partial charge in [0.2, 0.25) is 0 Å². The average Bonchev–Trinajstić information content (AvgIpc) is 3.10. The van der Waals surface area contributed by atoms with Gasteiger partial charge in [0.15, 0.2) is 0 Å². The summed E-state index contributed by atoms with van der Waals surface area (Å²) in [4.78, 5) is 0. The summed E-state index contributed by atoms with van der Waals surface area (Å²) in [6.07, 6.45) is -0.0417. The molecule has 0 aromatic heterocycles. The van der Waals surface area contributed by atoms with Gasteiger partial charge in [-0.3, -0.25) is 0 Å². The van der Waals surface area contributed by atoms with Crippen LogP contribution < -0.4 is 15.7 Å². The molecule has 2 aromatic rings. The maximum atomic E-state index is 6.40. The molecule has 7 heteroatoms. The summed E-state index contributed by atoms with van der Waals surface area (Å²) < 4.78 is 31.5. The molecule has 0 bridgehead atoms. The van der Waals surface area contributed by atoms with E-state index in [2.05, 4.69) is 27.7 Å². The maximum Gasteiger partial charge on any atom is 0.498 e. The van der Waals surface area contributed by atoms with Crippen LogP contribution in [0.1, 0.15) is 54.0 Å². The van der Waals surface area contributed by atoms with Gasteiger partial charge in [-0.15, -0.1) is 0 Å². The van der Waals surface area contributed by atoms with E-state index >= 15 is 0 Å². The largest absolute Gasteiger partial charge is 0.498 e.